The first kappa shape index (κ1) is 23.3. The minimum atomic E-state index is -3.50. The van der Waals surface area contributed by atoms with Crippen molar-refractivity contribution in [2.24, 2.45) is 0 Å². The average molecular weight is 477 g/mol. The smallest absolute Gasteiger partial charge is 0.253 e. The number of carbonyl (C=O) groups excluding carboxylic acids is 1. The van der Waals surface area contributed by atoms with Crippen molar-refractivity contribution < 1.29 is 17.9 Å². The maximum Gasteiger partial charge on any atom is 0.253 e. The van der Waals surface area contributed by atoms with Gasteiger partial charge in [-0.05, 0) is 48.6 Å². The first-order valence-corrected chi connectivity index (χ1v) is 12.6. The molecule has 0 radical (unpaired) electrons. The Hall–Kier alpha value is -3.90. The molecule has 3 aromatic rings. The zero-order valence-corrected chi connectivity index (χ0v) is 19.6. The molecule has 1 heterocycles. The van der Waals surface area contributed by atoms with E-state index in [0.717, 1.165) is 36.6 Å². The number of hydrogen-bond acceptors (Lipinski definition) is 6. The molecule has 1 amide bonds. The van der Waals surface area contributed by atoms with Crippen molar-refractivity contribution in [3.63, 3.8) is 0 Å². The van der Waals surface area contributed by atoms with Crippen molar-refractivity contribution in [2.75, 3.05) is 18.1 Å². The molecule has 1 saturated carbocycles. The minimum absolute atomic E-state index is 0.180. The SMILES string of the molecule is COc1ncc(-c2ccc(C3(NC(=O)c4ccccc4C#N)CCC3)cc2)cc1NS(C)(=O)=O. The molecule has 174 valence electrons. The van der Waals surface area contributed by atoms with Crippen LogP contribution in [0.1, 0.15) is 40.7 Å². The van der Waals surface area contributed by atoms with Gasteiger partial charge < -0.3 is 10.1 Å². The molecule has 9 heteroatoms. The summed E-state index contributed by atoms with van der Waals surface area (Å²) in [7, 11) is -2.08. The molecule has 8 nitrogen and oxygen atoms in total. The third-order valence-electron chi connectivity index (χ3n) is 5.96. The van der Waals surface area contributed by atoms with Gasteiger partial charge in [0, 0.05) is 11.8 Å². The predicted molar refractivity (Wildman–Crippen MR) is 129 cm³/mol. The Kier molecular flexibility index (Phi) is 6.26. The fourth-order valence-electron chi connectivity index (χ4n) is 4.11. The monoisotopic (exact) mass is 476 g/mol. The second-order valence-corrected chi connectivity index (χ2v) is 10.0. The molecule has 1 aliphatic rings. The number of ether oxygens (including phenoxy) is 1. The molecule has 0 aliphatic heterocycles. The van der Waals surface area contributed by atoms with Crippen molar-refractivity contribution in [3.05, 3.63) is 77.5 Å². The van der Waals surface area contributed by atoms with E-state index in [1.165, 1.54) is 7.11 Å². The van der Waals surface area contributed by atoms with Crippen LogP contribution in [0.2, 0.25) is 0 Å². The fraction of sp³-hybridized carbons (Fsp3) is 0.240. The molecular formula is C25H24N4O4S. The van der Waals surface area contributed by atoms with Gasteiger partial charge in [-0.2, -0.15) is 5.26 Å². The number of nitrogens with zero attached hydrogens (tertiary/aromatic N) is 2. The Bertz CT molecular complexity index is 1370. The number of aromatic nitrogens is 1. The normalized spacial score (nSPS) is 14.4. The number of hydrogen-bond donors (Lipinski definition) is 2. The van der Waals surface area contributed by atoms with Crippen LogP contribution in [0, 0.1) is 11.3 Å². The molecule has 0 spiro atoms. The van der Waals surface area contributed by atoms with E-state index >= 15 is 0 Å². The number of methoxy groups -OCH3 is 1. The molecule has 34 heavy (non-hydrogen) atoms. The van der Waals surface area contributed by atoms with Crippen molar-refractivity contribution >= 4 is 21.6 Å². The van der Waals surface area contributed by atoms with Crippen LogP contribution in [0.5, 0.6) is 5.88 Å². The van der Waals surface area contributed by atoms with Gasteiger partial charge in [0.05, 0.1) is 36.1 Å². The maximum absolute atomic E-state index is 13.0. The van der Waals surface area contributed by atoms with Crippen LogP contribution >= 0.6 is 0 Å². The van der Waals surface area contributed by atoms with Gasteiger partial charge in [-0.25, -0.2) is 13.4 Å². The minimum Gasteiger partial charge on any atom is -0.480 e. The van der Waals surface area contributed by atoms with Gasteiger partial charge in [-0.1, -0.05) is 36.4 Å². The fourth-order valence-corrected chi connectivity index (χ4v) is 4.65. The summed E-state index contributed by atoms with van der Waals surface area (Å²) in [4.78, 5) is 17.2. The average Bonchev–Trinajstić information content (AvgIpc) is 2.80. The molecule has 0 saturated heterocycles. The number of sulfonamides is 1. The molecule has 0 bridgehead atoms. The van der Waals surface area contributed by atoms with E-state index in [1.807, 2.05) is 24.3 Å². The van der Waals surface area contributed by atoms with E-state index in [4.69, 9.17) is 4.74 Å². The van der Waals surface area contributed by atoms with Crippen LogP contribution in [0.15, 0.2) is 60.8 Å². The molecule has 2 N–H and O–H groups in total. The molecular weight excluding hydrogens is 452 g/mol. The Labute approximate surface area is 198 Å². The summed E-state index contributed by atoms with van der Waals surface area (Å²) in [5, 5.41) is 12.5. The lowest BCUT2D eigenvalue weighted by Gasteiger charge is -2.43. The van der Waals surface area contributed by atoms with E-state index in [-0.39, 0.29) is 17.5 Å². The van der Waals surface area contributed by atoms with Crippen molar-refractivity contribution in [3.8, 4) is 23.1 Å². The van der Waals surface area contributed by atoms with Crippen LogP contribution in [0.25, 0.3) is 11.1 Å². The molecule has 1 fully saturated rings. The van der Waals surface area contributed by atoms with Gasteiger partial charge in [-0.3, -0.25) is 9.52 Å². The summed E-state index contributed by atoms with van der Waals surface area (Å²) < 4.78 is 31.0. The zero-order chi connectivity index (χ0) is 24.3. The quantitative estimate of drug-likeness (QED) is 0.535. The Balaban J connectivity index is 1.60. The largest absolute Gasteiger partial charge is 0.480 e. The lowest BCUT2D eigenvalue weighted by Crippen LogP contribution is -2.50. The Morgan fingerprint density at radius 1 is 1.12 bits per heavy atom. The van der Waals surface area contributed by atoms with Gasteiger partial charge in [0.25, 0.3) is 5.91 Å². The summed E-state index contributed by atoms with van der Waals surface area (Å²) in [6, 6.07) is 18.2. The number of pyridine rings is 1. The third kappa shape index (κ3) is 4.72. The zero-order valence-electron chi connectivity index (χ0n) is 18.8. The van der Waals surface area contributed by atoms with E-state index in [9.17, 15) is 18.5 Å². The second-order valence-electron chi connectivity index (χ2n) is 8.28. The van der Waals surface area contributed by atoms with Crippen molar-refractivity contribution in [2.45, 2.75) is 24.8 Å². The number of benzene rings is 2. The van der Waals surface area contributed by atoms with E-state index in [2.05, 4.69) is 21.1 Å². The highest BCUT2D eigenvalue weighted by molar-refractivity contribution is 7.92. The van der Waals surface area contributed by atoms with Gasteiger partial charge in [0.15, 0.2) is 0 Å². The number of nitrogens with one attached hydrogen (secondary N) is 2. The first-order chi connectivity index (χ1) is 16.2. The summed E-state index contributed by atoms with van der Waals surface area (Å²) in [5.74, 6) is -0.0867. The van der Waals surface area contributed by atoms with Gasteiger partial charge in [0.1, 0.15) is 5.69 Å². The highest BCUT2D eigenvalue weighted by atomic mass is 32.2. The Morgan fingerprint density at radius 2 is 1.82 bits per heavy atom. The number of anilines is 1. The number of nitriles is 1. The van der Waals surface area contributed by atoms with E-state index < -0.39 is 15.6 Å². The molecule has 0 atom stereocenters. The first-order valence-electron chi connectivity index (χ1n) is 10.7. The second kappa shape index (κ2) is 9.15. The highest BCUT2D eigenvalue weighted by Crippen LogP contribution is 2.42. The summed E-state index contributed by atoms with van der Waals surface area (Å²) >= 11 is 0. The highest BCUT2D eigenvalue weighted by Gasteiger charge is 2.40. The van der Waals surface area contributed by atoms with Gasteiger partial charge in [-0.15, -0.1) is 0 Å². The van der Waals surface area contributed by atoms with Crippen molar-refractivity contribution in [1.29, 1.82) is 5.26 Å². The van der Waals surface area contributed by atoms with Crippen LogP contribution < -0.4 is 14.8 Å². The van der Waals surface area contributed by atoms with Gasteiger partial charge in [0.2, 0.25) is 15.9 Å². The van der Waals surface area contributed by atoms with Crippen LogP contribution in [-0.4, -0.2) is 32.7 Å². The van der Waals surface area contributed by atoms with Gasteiger partial charge >= 0.3 is 0 Å². The summed E-state index contributed by atoms with van der Waals surface area (Å²) in [5.41, 5.74) is 3.00. The predicted octanol–water partition coefficient (Wildman–Crippen LogP) is 3.81. The van der Waals surface area contributed by atoms with Crippen LogP contribution in [0.3, 0.4) is 0 Å². The molecule has 1 aromatic heterocycles. The molecule has 1 aliphatic carbocycles. The number of rotatable bonds is 7. The molecule has 0 unspecified atom stereocenters. The standard InChI is InChI=1S/C25H24N4O4S/c1-33-24-22(29-34(2,31)32)14-19(16-27-24)17-8-10-20(11-9-17)25(12-5-13-25)28-23(30)21-7-4-3-6-18(21)15-26/h3-4,6-11,14,16,29H,5,12-13H2,1-2H3,(H,28,30). The Morgan fingerprint density at radius 3 is 2.41 bits per heavy atom. The maximum atomic E-state index is 13.0. The van der Waals surface area contributed by atoms with Crippen molar-refractivity contribution in [1.82, 2.24) is 10.3 Å². The third-order valence-corrected chi connectivity index (χ3v) is 6.55. The molecule has 2 aromatic carbocycles. The summed E-state index contributed by atoms with van der Waals surface area (Å²) in [6.45, 7) is 0. The van der Waals surface area contributed by atoms with E-state index in [0.29, 0.717) is 16.7 Å². The number of amides is 1. The topological polar surface area (TPSA) is 121 Å². The van der Waals surface area contributed by atoms with Crippen LogP contribution in [0.4, 0.5) is 5.69 Å². The number of carbonyl (C=O) groups is 1. The summed E-state index contributed by atoms with van der Waals surface area (Å²) in [6.07, 6.45) is 5.28. The lowest BCUT2D eigenvalue weighted by molar-refractivity contribution is 0.0823. The van der Waals surface area contributed by atoms with Crippen LogP contribution in [-0.2, 0) is 15.6 Å². The van der Waals surface area contributed by atoms with E-state index in [1.54, 1.807) is 36.5 Å². The molecule has 4 rings (SSSR count). The lowest BCUT2D eigenvalue weighted by atomic mass is 9.71.